The van der Waals surface area contributed by atoms with Crippen molar-refractivity contribution in [2.24, 2.45) is 15.7 Å². The van der Waals surface area contributed by atoms with Crippen LogP contribution in [0.25, 0.3) is 5.65 Å². The molecule has 0 aromatic carbocycles. The average Bonchev–Trinajstić information content (AvgIpc) is 3.12. The molecule has 1 saturated heterocycles. The first-order valence-electron chi connectivity index (χ1n) is 9.03. The molecule has 10 heteroatoms. The third kappa shape index (κ3) is 4.52. The monoisotopic (exact) mass is 414 g/mol. The number of aromatic nitrogens is 3. The van der Waals surface area contributed by atoms with Crippen molar-refractivity contribution in [1.82, 2.24) is 19.3 Å². The number of fused-ring (bicyclic) bond motifs is 1. The summed E-state index contributed by atoms with van der Waals surface area (Å²) in [5, 5.41) is 7.96. The van der Waals surface area contributed by atoms with Crippen molar-refractivity contribution in [3.63, 3.8) is 0 Å². The zero-order valence-corrected chi connectivity index (χ0v) is 16.8. The van der Waals surface area contributed by atoms with E-state index in [4.69, 9.17) is 32.5 Å². The predicted molar refractivity (Wildman–Crippen MR) is 115 cm³/mol. The topological polar surface area (TPSA) is 117 Å². The molecule has 0 amide bonds. The number of hydrogen-bond acceptors (Lipinski definition) is 7. The number of nitrogens with zero attached hydrogens (tertiary/aromatic N) is 6. The molecule has 1 aliphatic rings. The maximum absolute atomic E-state index is 7.57. The van der Waals surface area contributed by atoms with Gasteiger partial charge in [-0.1, -0.05) is 11.6 Å². The van der Waals surface area contributed by atoms with Gasteiger partial charge >= 0.3 is 0 Å². The van der Waals surface area contributed by atoms with Crippen LogP contribution in [-0.2, 0) is 11.3 Å². The molecular formula is C19H23ClN8O. The molecule has 2 aromatic rings. The quantitative estimate of drug-likeness (QED) is 0.554. The number of hydrogen-bond donors (Lipinski definition) is 2. The average molecular weight is 415 g/mol. The van der Waals surface area contributed by atoms with Crippen LogP contribution in [0.5, 0.6) is 0 Å². The number of rotatable bonds is 6. The van der Waals surface area contributed by atoms with E-state index in [2.05, 4.69) is 26.6 Å². The molecule has 1 aliphatic heterocycles. The standard InChI is InChI=1S/C19H23ClN8O/c1-13-19(14(7-21)8-22)29-6-5-27(13)17(3-4-23-2)25-9-15-10-26-18-11-24-16(20)12-28(15)18/h3-4,7-8,10-13,19,21H,2,5-6,9,22H2,1H3/b4-3-,14-8+,21-7?,25-17+. The highest BCUT2D eigenvalue weighted by atomic mass is 35.5. The fourth-order valence-corrected chi connectivity index (χ4v) is 3.41. The minimum absolute atomic E-state index is 0.0748. The van der Waals surface area contributed by atoms with Crippen LogP contribution in [0.3, 0.4) is 0 Å². The van der Waals surface area contributed by atoms with Gasteiger partial charge in [-0.25, -0.2) is 9.97 Å². The first-order valence-corrected chi connectivity index (χ1v) is 9.41. The minimum Gasteiger partial charge on any atom is -0.404 e. The first kappa shape index (κ1) is 20.7. The zero-order valence-electron chi connectivity index (χ0n) is 16.1. The van der Waals surface area contributed by atoms with E-state index in [1.165, 1.54) is 12.4 Å². The Morgan fingerprint density at radius 3 is 3.03 bits per heavy atom. The Morgan fingerprint density at radius 1 is 1.48 bits per heavy atom. The van der Waals surface area contributed by atoms with Crippen molar-refractivity contribution in [3.8, 4) is 0 Å². The molecule has 2 unspecified atom stereocenters. The Balaban J connectivity index is 1.90. The number of morpholine rings is 1. The molecule has 1 fully saturated rings. The van der Waals surface area contributed by atoms with Crippen LogP contribution in [0.4, 0.5) is 0 Å². The second-order valence-electron chi connectivity index (χ2n) is 6.40. The second kappa shape index (κ2) is 9.44. The van der Waals surface area contributed by atoms with Crippen LogP contribution < -0.4 is 5.73 Å². The zero-order chi connectivity index (χ0) is 20.8. The second-order valence-corrected chi connectivity index (χ2v) is 6.78. The van der Waals surface area contributed by atoms with Gasteiger partial charge < -0.3 is 20.8 Å². The third-order valence-corrected chi connectivity index (χ3v) is 4.91. The lowest BCUT2D eigenvalue weighted by atomic mass is 10.0. The SMILES string of the molecule is C=N/C=C\C(=N/Cc1cnc2cnc(Cl)cn12)N1CCOC(/C(C=N)=C/N)C1C. The Hall–Kier alpha value is -3.04. The fourth-order valence-electron chi connectivity index (χ4n) is 3.26. The molecule has 3 heterocycles. The van der Waals surface area contributed by atoms with E-state index < -0.39 is 0 Å². The number of halogens is 1. The number of aliphatic imine (C=N–C) groups is 2. The molecule has 29 heavy (non-hydrogen) atoms. The van der Waals surface area contributed by atoms with Gasteiger partial charge in [0, 0.05) is 36.9 Å². The summed E-state index contributed by atoms with van der Waals surface area (Å²) in [6, 6.07) is -0.0748. The summed E-state index contributed by atoms with van der Waals surface area (Å²) < 4.78 is 7.71. The minimum atomic E-state index is -0.317. The number of nitrogens with two attached hydrogens (primary N) is 1. The van der Waals surface area contributed by atoms with E-state index in [0.29, 0.717) is 36.1 Å². The third-order valence-electron chi connectivity index (χ3n) is 4.71. The summed E-state index contributed by atoms with van der Waals surface area (Å²) in [5.74, 6) is 0.731. The Morgan fingerprint density at radius 2 is 2.31 bits per heavy atom. The predicted octanol–water partition coefficient (Wildman–Crippen LogP) is 2.08. The Kier molecular flexibility index (Phi) is 6.73. The molecule has 0 bridgehead atoms. The fraction of sp³-hybridized carbons (Fsp3) is 0.316. The van der Waals surface area contributed by atoms with Gasteiger partial charge in [-0.15, -0.1) is 0 Å². The van der Waals surface area contributed by atoms with Crippen LogP contribution in [-0.4, -0.2) is 63.3 Å². The molecule has 0 saturated carbocycles. The van der Waals surface area contributed by atoms with Gasteiger partial charge in [-0.3, -0.25) is 14.4 Å². The van der Waals surface area contributed by atoms with Crippen molar-refractivity contribution >= 4 is 36.0 Å². The molecule has 152 valence electrons. The van der Waals surface area contributed by atoms with Crippen molar-refractivity contribution in [1.29, 1.82) is 5.41 Å². The molecule has 3 rings (SSSR count). The maximum Gasteiger partial charge on any atom is 0.155 e. The summed E-state index contributed by atoms with van der Waals surface area (Å²) in [6.45, 7) is 7.04. The highest BCUT2D eigenvalue weighted by molar-refractivity contribution is 6.29. The van der Waals surface area contributed by atoms with Gasteiger partial charge in [0.15, 0.2) is 5.65 Å². The normalized spacial score (nSPS) is 21.1. The largest absolute Gasteiger partial charge is 0.404 e. The summed E-state index contributed by atoms with van der Waals surface area (Å²) >= 11 is 6.01. The Bertz CT molecular complexity index is 980. The van der Waals surface area contributed by atoms with Crippen molar-refractivity contribution in [3.05, 3.63) is 53.5 Å². The Labute approximate surface area is 173 Å². The summed E-state index contributed by atoms with van der Waals surface area (Å²) in [7, 11) is 0. The highest BCUT2D eigenvalue weighted by Crippen LogP contribution is 2.21. The van der Waals surface area contributed by atoms with E-state index in [-0.39, 0.29) is 12.1 Å². The molecule has 2 aromatic heterocycles. The number of nitrogens with one attached hydrogen (secondary N) is 1. The molecule has 0 spiro atoms. The molecule has 2 atom stereocenters. The van der Waals surface area contributed by atoms with Crippen molar-refractivity contribution < 1.29 is 4.74 Å². The lowest BCUT2D eigenvalue weighted by Crippen LogP contribution is -2.52. The molecule has 3 N–H and O–H groups in total. The molecular weight excluding hydrogens is 392 g/mol. The van der Waals surface area contributed by atoms with Crippen LogP contribution in [0.15, 0.2) is 52.6 Å². The van der Waals surface area contributed by atoms with Crippen LogP contribution in [0.2, 0.25) is 5.15 Å². The van der Waals surface area contributed by atoms with Crippen LogP contribution >= 0.6 is 11.6 Å². The van der Waals surface area contributed by atoms with Crippen molar-refractivity contribution in [2.45, 2.75) is 25.6 Å². The van der Waals surface area contributed by atoms with Gasteiger partial charge in [0.05, 0.1) is 37.3 Å². The summed E-state index contributed by atoms with van der Waals surface area (Å²) in [5.41, 5.74) is 7.86. The van der Waals surface area contributed by atoms with E-state index in [9.17, 15) is 0 Å². The van der Waals surface area contributed by atoms with E-state index in [1.54, 1.807) is 30.9 Å². The van der Waals surface area contributed by atoms with Gasteiger partial charge in [0.1, 0.15) is 17.1 Å². The number of imidazole rings is 1. The smallest absolute Gasteiger partial charge is 0.155 e. The van der Waals surface area contributed by atoms with E-state index >= 15 is 0 Å². The summed E-state index contributed by atoms with van der Waals surface area (Å²) in [6.07, 6.45) is 10.8. The molecule has 0 aliphatic carbocycles. The van der Waals surface area contributed by atoms with Crippen molar-refractivity contribution in [2.75, 3.05) is 13.2 Å². The highest BCUT2D eigenvalue weighted by Gasteiger charge is 2.32. The van der Waals surface area contributed by atoms with E-state index in [0.717, 1.165) is 11.5 Å². The van der Waals surface area contributed by atoms with Crippen LogP contribution in [0.1, 0.15) is 12.6 Å². The maximum atomic E-state index is 7.57. The lowest BCUT2D eigenvalue weighted by molar-refractivity contribution is -0.0152. The lowest BCUT2D eigenvalue weighted by Gasteiger charge is -2.40. The van der Waals surface area contributed by atoms with Gasteiger partial charge in [-0.05, 0) is 19.7 Å². The summed E-state index contributed by atoms with van der Waals surface area (Å²) in [4.78, 5) is 19.1. The molecule has 0 radical (unpaired) electrons. The van der Waals surface area contributed by atoms with E-state index in [1.807, 2.05) is 11.3 Å². The number of amidine groups is 1. The number of ether oxygens (including phenoxy) is 1. The van der Waals surface area contributed by atoms with Gasteiger partial charge in [0.2, 0.25) is 0 Å². The van der Waals surface area contributed by atoms with Crippen LogP contribution in [0, 0.1) is 5.41 Å². The van der Waals surface area contributed by atoms with Gasteiger partial charge in [-0.2, -0.15) is 0 Å². The first-order chi connectivity index (χ1) is 14.1. The molecule has 9 nitrogen and oxygen atoms in total. The van der Waals surface area contributed by atoms with Gasteiger partial charge in [0.25, 0.3) is 0 Å².